The fourth-order valence-corrected chi connectivity index (χ4v) is 2.48. The van der Waals surface area contributed by atoms with Crippen molar-refractivity contribution < 1.29 is 23.2 Å². The fraction of sp³-hybridized carbons (Fsp3) is 0.353. The molecular weight excluding hydrogens is 347 g/mol. The molecule has 2 rings (SSSR count). The van der Waals surface area contributed by atoms with Crippen molar-refractivity contribution in [3.63, 3.8) is 0 Å². The first-order valence-electron chi connectivity index (χ1n) is 7.55. The highest BCUT2D eigenvalue weighted by atomic mass is 32.2. The van der Waals surface area contributed by atoms with Gasteiger partial charge >= 0.3 is 5.97 Å². The summed E-state index contributed by atoms with van der Waals surface area (Å²) in [5.41, 5.74) is 0.490. The second kappa shape index (κ2) is 8.15. The third-order valence-electron chi connectivity index (χ3n) is 3.09. The monoisotopic (exact) mass is 366 g/mol. The largest absolute Gasteiger partial charge is 0.455 e. The second-order valence-corrected chi connectivity index (χ2v) is 7.27. The molecule has 0 unspecified atom stereocenters. The van der Waals surface area contributed by atoms with Crippen molar-refractivity contribution in [1.82, 2.24) is 5.16 Å². The minimum absolute atomic E-state index is 0.0926. The maximum Gasteiger partial charge on any atom is 0.316 e. The lowest BCUT2D eigenvalue weighted by Gasteiger charge is -2.12. The summed E-state index contributed by atoms with van der Waals surface area (Å²) in [6.45, 7) is 5.44. The third kappa shape index (κ3) is 5.90. The van der Waals surface area contributed by atoms with Crippen LogP contribution in [0, 0.1) is 5.82 Å². The molecule has 0 fully saturated rings. The molecule has 1 N–H and O–H groups in total. The summed E-state index contributed by atoms with van der Waals surface area (Å²) in [5, 5.41) is 6.33. The van der Waals surface area contributed by atoms with E-state index in [9.17, 15) is 14.0 Å². The van der Waals surface area contributed by atoms with Crippen molar-refractivity contribution in [2.75, 3.05) is 17.7 Å². The van der Waals surface area contributed by atoms with Gasteiger partial charge in [-0.3, -0.25) is 14.9 Å². The molecular formula is C17H19FN2O4S. The predicted octanol–water partition coefficient (Wildman–Crippen LogP) is 3.39. The first-order chi connectivity index (χ1) is 11.8. The topological polar surface area (TPSA) is 81.4 Å². The van der Waals surface area contributed by atoms with Gasteiger partial charge in [-0.25, -0.2) is 4.39 Å². The molecule has 6 nitrogen and oxygen atoms in total. The van der Waals surface area contributed by atoms with Crippen molar-refractivity contribution in [2.45, 2.75) is 31.1 Å². The smallest absolute Gasteiger partial charge is 0.316 e. The molecule has 0 aliphatic rings. The van der Waals surface area contributed by atoms with E-state index >= 15 is 0 Å². The Morgan fingerprint density at radius 2 is 2.04 bits per heavy atom. The number of anilines is 1. The van der Waals surface area contributed by atoms with Crippen LogP contribution in [0.2, 0.25) is 0 Å². The van der Waals surface area contributed by atoms with Crippen molar-refractivity contribution >= 4 is 29.5 Å². The molecule has 0 aliphatic heterocycles. The molecule has 1 aromatic heterocycles. The lowest BCUT2D eigenvalue weighted by molar-refractivity contribution is -0.144. The summed E-state index contributed by atoms with van der Waals surface area (Å²) in [4.78, 5) is 23.7. The average Bonchev–Trinajstić information content (AvgIpc) is 3.01. The molecule has 8 heteroatoms. The number of esters is 1. The third-order valence-corrected chi connectivity index (χ3v) is 4.11. The van der Waals surface area contributed by atoms with Crippen molar-refractivity contribution in [3.05, 3.63) is 41.8 Å². The van der Waals surface area contributed by atoms with Gasteiger partial charge in [0.25, 0.3) is 5.91 Å². The van der Waals surface area contributed by atoms with Gasteiger partial charge in [0.2, 0.25) is 5.88 Å². The molecule has 2 aromatic rings. The van der Waals surface area contributed by atoms with Gasteiger partial charge in [-0.1, -0.05) is 38.1 Å². The van der Waals surface area contributed by atoms with Gasteiger partial charge in [-0.15, -0.1) is 11.8 Å². The van der Waals surface area contributed by atoms with Crippen LogP contribution in [0.5, 0.6) is 0 Å². The first kappa shape index (κ1) is 19.0. The first-order valence-corrected chi connectivity index (χ1v) is 8.54. The number of nitrogens with zero attached hydrogens (tertiary/aromatic N) is 1. The van der Waals surface area contributed by atoms with Gasteiger partial charge < -0.3 is 9.26 Å². The minimum atomic E-state index is -0.614. The number of amides is 1. The fourth-order valence-electron chi connectivity index (χ4n) is 1.75. The van der Waals surface area contributed by atoms with Gasteiger partial charge in [0, 0.05) is 16.4 Å². The number of nitrogens with one attached hydrogen (secondary N) is 1. The van der Waals surface area contributed by atoms with Gasteiger partial charge in [0.1, 0.15) is 5.82 Å². The van der Waals surface area contributed by atoms with Crippen LogP contribution in [0.25, 0.3) is 0 Å². The number of hydrogen-bond acceptors (Lipinski definition) is 6. The highest BCUT2D eigenvalue weighted by molar-refractivity contribution is 8.00. The van der Waals surface area contributed by atoms with Gasteiger partial charge in [0.05, 0.1) is 11.4 Å². The van der Waals surface area contributed by atoms with Crippen LogP contribution in [-0.2, 0) is 19.7 Å². The summed E-state index contributed by atoms with van der Waals surface area (Å²) in [5.74, 6) is -1.47. The summed E-state index contributed by atoms with van der Waals surface area (Å²) in [7, 11) is 0. The Labute approximate surface area is 149 Å². The Bertz CT molecular complexity index is 755. The van der Waals surface area contributed by atoms with E-state index in [2.05, 4.69) is 10.5 Å². The molecule has 1 heterocycles. The molecule has 0 spiro atoms. The van der Waals surface area contributed by atoms with E-state index in [1.54, 1.807) is 24.3 Å². The molecule has 0 aliphatic carbocycles. The van der Waals surface area contributed by atoms with E-state index in [4.69, 9.17) is 9.26 Å². The van der Waals surface area contributed by atoms with Crippen LogP contribution < -0.4 is 5.32 Å². The highest BCUT2D eigenvalue weighted by Gasteiger charge is 2.20. The standard InChI is InChI=1S/C17H19FN2O4S/c1-17(2,3)13-8-15(24-20-13)19-14(21)9-23-16(22)10-25-12-7-5-4-6-11(12)18/h4-8H,9-10H2,1-3H3,(H,19,21). The Hall–Kier alpha value is -2.35. The van der Waals surface area contributed by atoms with E-state index in [0.717, 1.165) is 11.8 Å². The van der Waals surface area contributed by atoms with Crippen LogP contribution in [-0.4, -0.2) is 29.4 Å². The maximum atomic E-state index is 13.4. The molecule has 0 saturated carbocycles. The summed E-state index contributed by atoms with van der Waals surface area (Å²) >= 11 is 1.01. The second-order valence-electron chi connectivity index (χ2n) is 6.25. The average molecular weight is 366 g/mol. The number of halogens is 1. The zero-order valence-electron chi connectivity index (χ0n) is 14.2. The highest BCUT2D eigenvalue weighted by Crippen LogP contribution is 2.23. The summed E-state index contributed by atoms with van der Waals surface area (Å²) in [6, 6.07) is 7.73. The van der Waals surface area contributed by atoms with Crippen molar-refractivity contribution in [2.24, 2.45) is 0 Å². The Balaban J connectivity index is 1.75. The van der Waals surface area contributed by atoms with Gasteiger partial charge in [-0.2, -0.15) is 0 Å². The molecule has 0 saturated heterocycles. The molecule has 1 aromatic carbocycles. The molecule has 1 amide bonds. The van der Waals surface area contributed by atoms with Crippen molar-refractivity contribution in [1.29, 1.82) is 0 Å². The number of carbonyl (C=O) groups is 2. The predicted molar refractivity (Wildman–Crippen MR) is 91.9 cm³/mol. The lowest BCUT2D eigenvalue weighted by atomic mass is 9.92. The van der Waals surface area contributed by atoms with Gasteiger partial charge in [0.15, 0.2) is 6.61 Å². The van der Waals surface area contributed by atoms with Crippen LogP contribution in [0.1, 0.15) is 26.5 Å². The molecule has 25 heavy (non-hydrogen) atoms. The van der Waals surface area contributed by atoms with E-state index in [1.807, 2.05) is 20.8 Å². The van der Waals surface area contributed by atoms with Crippen LogP contribution in [0.15, 0.2) is 39.8 Å². The number of carbonyl (C=O) groups excluding carboxylic acids is 2. The SMILES string of the molecule is CC(C)(C)c1cc(NC(=O)COC(=O)CSc2ccccc2F)on1. The summed E-state index contributed by atoms with van der Waals surface area (Å²) in [6.07, 6.45) is 0. The van der Waals surface area contributed by atoms with Gasteiger partial charge in [-0.05, 0) is 12.1 Å². The maximum absolute atomic E-state index is 13.4. The summed E-state index contributed by atoms with van der Waals surface area (Å²) < 4.78 is 23.3. The molecule has 0 atom stereocenters. The zero-order valence-corrected chi connectivity index (χ0v) is 15.0. The Kier molecular flexibility index (Phi) is 6.19. The van der Waals surface area contributed by atoms with Crippen LogP contribution in [0.4, 0.5) is 10.3 Å². The number of ether oxygens (including phenoxy) is 1. The zero-order chi connectivity index (χ0) is 18.4. The van der Waals surface area contributed by atoms with E-state index in [-0.39, 0.29) is 17.1 Å². The Morgan fingerprint density at radius 1 is 1.32 bits per heavy atom. The number of hydrogen-bond donors (Lipinski definition) is 1. The van der Waals surface area contributed by atoms with Crippen LogP contribution in [0.3, 0.4) is 0 Å². The number of rotatable bonds is 6. The van der Waals surface area contributed by atoms with Crippen LogP contribution >= 0.6 is 11.8 Å². The molecule has 134 valence electrons. The lowest BCUT2D eigenvalue weighted by Crippen LogP contribution is -2.21. The quantitative estimate of drug-likeness (QED) is 0.623. The molecule has 0 radical (unpaired) electrons. The number of benzene rings is 1. The van der Waals surface area contributed by atoms with E-state index in [1.165, 1.54) is 6.07 Å². The Morgan fingerprint density at radius 3 is 2.68 bits per heavy atom. The molecule has 0 bridgehead atoms. The van der Waals surface area contributed by atoms with E-state index in [0.29, 0.717) is 10.6 Å². The number of aromatic nitrogens is 1. The van der Waals surface area contributed by atoms with Crippen molar-refractivity contribution in [3.8, 4) is 0 Å². The minimum Gasteiger partial charge on any atom is -0.455 e. The normalized spacial score (nSPS) is 11.2. The van der Waals surface area contributed by atoms with E-state index < -0.39 is 24.3 Å². The number of thioether (sulfide) groups is 1.